The highest BCUT2D eigenvalue weighted by molar-refractivity contribution is 6.40. The molecule has 28 heavy (non-hydrogen) atoms. The van der Waals surface area contributed by atoms with E-state index in [0.717, 1.165) is 54.6 Å². The molecule has 132 valence electrons. The number of hydrogen-bond donors (Lipinski definition) is 0. The molecule has 3 aromatic heterocycles. The summed E-state index contributed by atoms with van der Waals surface area (Å²) in [7, 11) is 0. The largest absolute Gasteiger partial charge is 0.455 e. The second-order valence-corrected chi connectivity index (χ2v) is 7.43. The Labute approximate surface area is 162 Å². The molecule has 0 saturated carbocycles. The van der Waals surface area contributed by atoms with Crippen LogP contribution in [0.5, 0.6) is 0 Å². The molecule has 0 spiro atoms. The standard InChI is InChI=1S/C24H11ClO3/c25-15-9-5-8-14-20-22-18(12-6-1-3-10-16(12)26-22)19-13-7-2-4-11-17(13)27-23(19)24(20)28-21(14)15/h1-11H. The average molecular weight is 383 g/mol. The first-order valence-corrected chi connectivity index (χ1v) is 9.44. The van der Waals surface area contributed by atoms with Crippen molar-refractivity contribution in [2.45, 2.75) is 0 Å². The molecule has 4 aromatic carbocycles. The van der Waals surface area contributed by atoms with Crippen molar-refractivity contribution in [2.75, 3.05) is 0 Å². The van der Waals surface area contributed by atoms with E-state index < -0.39 is 0 Å². The summed E-state index contributed by atoms with van der Waals surface area (Å²) in [6.45, 7) is 0. The molecular formula is C24H11ClO3. The molecule has 0 saturated heterocycles. The highest BCUT2D eigenvalue weighted by Crippen LogP contribution is 2.48. The molecule has 3 nitrogen and oxygen atoms in total. The second-order valence-electron chi connectivity index (χ2n) is 7.03. The first kappa shape index (κ1) is 14.6. The summed E-state index contributed by atoms with van der Waals surface area (Å²) in [6.07, 6.45) is 0. The lowest BCUT2D eigenvalue weighted by Gasteiger charge is -1.96. The third-order valence-corrected chi connectivity index (χ3v) is 5.84. The number of fused-ring (bicyclic) bond motifs is 12. The van der Waals surface area contributed by atoms with Crippen molar-refractivity contribution in [2.24, 2.45) is 0 Å². The van der Waals surface area contributed by atoms with Gasteiger partial charge in [0.25, 0.3) is 0 Å². The van der Waals surface area contributed by atoms with Crippen molar-refractivity contribution >= 4 is 77.4 Å². The molecule has 3 heterocycles. The van der Waals surface area contributed by atoms with Gasteiger partial charge in [-0.05, 0) is 18.2 Å². The Hall–Kier alpha value is -3.43. The van der Waals surface area contributed by atoms with Crippen molar-refractivity contribution in [3.8, 4) is 0 Å². The molecule has 7 rings (SSSR count). The fourth-order valence-corrected chi connectivity index (χ4v) is 4.61. The van der Waals surface area contributed by atoms with Crippen LogP contribution in [0.25, 0.3) is 65.8 Å². The van der Waals surface area contributed by atoms with E-state index in [2.05, 4.69) is 12.1 Å². The minimum absolute atomic E-state index is 0.572. The van der Waals surface area contributed by atoms with Gasteiger partial charge in [0.05, 0.1) is 10.4 Å². The van der Waals surface area contributed by atoms with E-state index in [1.807, 2.05) is 54.6 Å². The minimum atomic E-state index is 0.572. The quantitative estimate of drug-likeness (QED) is 0.266. The fourth-order valence-electron chi connectivity index (χ4n) is 4.39. The Morgan fingerprint density at radius 3 is 1.79 bits per heavy atom. The summed E-state index contributed by atoms with van der Waals surface area (Å²) in [5, 5.41) is 6.56. The summed E-state index contributed by atoms with van der Waals surface area (Å²) >= 11 is 6.43. The molecule has 0 amide bonds. The zero-order valence-corrected chi connectivity index (χ0v) is 15.2. The van der Waals surface area contributed by atoms with Crippen molar-refractivity contribution < 1.29 is 13.3 Å². The van der Waals surface area contributed by atoms with E-state index >= 15 is 0 Å². The van der Waals surface area contributed by atoms with Crippen molar-refractivity contribution in [1.29, 1.82) is 0 Å². The number of rotatable bonds is 0. The first-order chi connectivity index (χ1) is 13.8. The van der Waals surface area contributed by atoms with Gasteiger partial charge in [-0.1, -0.05) is 60.1 Å². The van der Waals surface area contributed by atoms with Crippen LogP contribution in [-0.2, 0) is 0 Å². The van der Waals surface area contributed by atoms with Crippen LogP contribution in [0.4, 0.5) is 0 Å². The molecule has 0 bridgehead atoms. The van der Waals surface area contributed by atoms with Gasteiger partial charge in [-0.3, -0.25) is 0 Å². The van der Waals surface area contributed by atoms with E-state index in [9.17, 15) is 0 Å². The van der Waals surface area contributed by atoms with Gasteiger partial charge in [-0.25, -0.2) is 0 Å². The van der Waals surface area contributed by atoms with Crippen molar-refractivity contribution in [1.82, 2.24) is 0 Å². The topological polar surface area (TPSA) is 39.4 Å². The van der Waals surface area contributed by atoms with Gasteiger partial charge >= 0.3 is 0 Å². The summed E-state index contributed by atoms with van der Waals surface area (Å²) in [5.41, 5.74) is 4.50. The third kappa shape index (κ3) is 1.62. The lowest BCUT2D eigenvalue weighted by atomic mass is 10.0. The summed E-state index contributed by atoms with van der Waals surface area (Å²) in [4.78, 5) is 0. The molecule has 0 unspecified atom stereocenters. The van der Waals surface area contributed by atoms with Gasteiger partial charge in [0.1, 0.15) is 16.7 Å². The first-order valence-electron chi connectivity index (χ1n) is 9.06. The van der Waals surface area contributed by atoms with Crippen LogP contribution < -0.4 is 0 Å². The van der Waals surface area contributed by atoms with Crippen LogP contribution in [0.15, 0.2) is 80.0 Å². The molecule has 0 aliphatic carbocycles. The van der Waals surface area contributed by atoms with Crippen LogP contribution in [0.2, 0.25) is 5.02 Å². The van der Waals surface area contributed by atoms with E-state index in [4.69, 9.17) is 24.9 Å². The molecular weight excluding hydrogens is 372 g/mol. The van der Waals surface area contributed by atoms with Crippen LogP contribution in [0, 0.1) is 0 Å². The van der Waals surface area contributed by atoms with Gasteiger partial charge in [0.2, 0.25) is 0 Å². The van der Waals surface area contributed by atoms with E-state index in [1.165, 1.54) is 0 Å². The van der Waals surface area contributed by atoms with Gasteiger partial charge in [-0.2, -0.15) is 0 Å². The summed E-state index contributed by atoms with van der Waals surface area (Å²) < 4.78 is 18.9. The van der Waals surface area contributed by atoms with E-state index in [-0.39, 0.29) is 0 Å². The van der Waals surface area contributed by atoms with Gasteiger partial charge in [0, 0.05) is 26.9 Å². The van der Waals surface area contributed by atoms with E-state index in [1.54, 1.807) is 0 Å². The van der Waals surface area contributed by atoms with Crippen LogP contribution >= 0.6 is 11.6 Å². The number of hydrogen-bond acceptors (Lipinski definition) is 3. The third-order valence-electron chi connectivity index (χ3n) is 5.54. The number of halogens is 1. The number of benzene rings is 4. The summed E-state index contributed by atoms with van der Waals surface area (Å²) in [5.74, 6) is 0. The normalized spacial score (nSPS) is 12.5. The molecule has 0 atom stereocenters. The lowest BCUT2D eigenvalue weighted by molar-refractivity contribution is 0.632. The lowest BCUT2D eigenvalue weighted by Crippen LogP contribution is -1.74. The van der Waals surface area contributed by atoms with Crippen molar-refractivity contribution in [3.63, 3.8) is 0 Å². The van der Waals surface area contributed by atoms with Crippen molar-refractivity contribution in [3.05, 3.63) is 71.8 Å². The average Bonchev–Trinajstić information content (AvgIpc) is 3.39. The maximum absolute atomic E-state index is 6.43. The molecule has 0 aliphatic heterocycles. The number of para-hydroxylation sites is 3. The fraction of sp³-hybridized carbons (Fsp3) is 0. The minimum Gasteiger partial charge on any atom is -0.455 e. The second kappa shape index (κ2) is 4.89. The zero-order valence-electron chi connectivity index (χ0n) is 14.5. The highest BCUT2D eigenvalue weighted by atomic mass is 35.5. The van der Waals surface area contributed by atoms with Gasteiger partial charge < -0.3 is 13.3 Å². The van der Waals surface area contributed by atoms with Gasteiger partial charge in [0.15, 0.2) is 16.7 Å². The molecule has 0 radical (unpaired) electrons. The molecule has 7 aromatic rings. The Morgan fingerprint density at radius 1 is 0.464 bits per heavy atom. The van der Waals surface area contributed by atoms with Crippen LogP contribution in [0.3, 0.4) is 0 Å². The maximum Gasteiger partial charge on any atom is 0.182 e. The smallest absolute Gasteiger partial charge is 0.182 e. The monoisotopic (exact) mass is 382 g/mol. The maximum atomic E-state index is 6.43. The Morgan fingerprint density at radius 2 is 1.04 bits per heavy atom. The van der Waals surface area contributed by atoms with E-state index in [0.29, 0.717) is 16.2 Å². The zero-order chi connectivity index (χ0) is 18.4. The Bertz CT molecular complexity index is 1730. The number of furan rings is 3. The Balaban J connectivity index is 1.94. The SMILES string of the molecule is Clc1cccc2c1oc1c3oc4ccccc4c3c3c4ccccc4oc3c21. The highest BCUT2D eigenvalue weighted by Gasteiger charge is 2.25. The molecule has 0 fully saturated rings. The molecule has 0 aliphatic rings. The van der Waals surface area contributed by atoms with Crippen LogP contribution in [0.1, 0.15) is 0 Å². The predicted molar refractivity (Wildman–Crippen MR) is 113 cm³/mol. The van der Waals surface area contributed by atoms with Gasteiger partial charge in [-0.15, -0.1) is 0 Å². The Kier molecular flexibility index (Phi) is 2.55. The molecule has 4 heteroatoms. The predicted octanol–water partition coefficient (Wildman–Crippen LogP) is 8.04. The van der Waals surface area contributed by atoms with Crippen LogP contribution in [-0.4, -0.2) is 0 Å². The summed E-state index contributed by atoms with van der Waals surface area (Å²) in [6, 6.07) is 21.9. The molecule has 0 N–H and O–H groups in total.